The second-order valence-electron chi connectivity index (χ2n) is 13.6. The fraction of sp³-hybridized carbons (Fsp3) is 0.897. The smallest absolute Gasteiger partial charge is 0.126 e. The summed E-state index contributed by atoms with van der Waals surface area (Å²) in [7, 11) is 0. The second kappa shape index (κ2) is 6.94. The molecule has 5 unspecified atom stereocenters. The van der Waals surface area contributed by atoms with E-state index in [9.17, 15) is 9.90 Å². The first-order valence-electron chi connectivity index (χ1n) is 13.3. The standard InChI is InChI=1S/C29H46O2/c1-18(2)20-9-14-29(17-30)16-15-27(5)22(25(20)29)7-8-24-26(4)12-11-23(31)19(3)21(26)10-13-28(24,27)6/h17,19-25,31H,1,7-16H2,2-6H3/t19?,20-,21?,22?,23+,24?,25?,26+,27-,28-,29-/m1/s1. The van der Waals surface area contributed by atoms with Gasteiger partial charge < -0.3 is 9.90 Å². The Morgan fingerprint density at radius 1 is 0.903 bits per heavy atom. The maximum Gasteiger partial charge on any atom is 0.126 e. The SMILES string of the molecule is C=C(C)[C@H]1CC[C@]2(C=O)CC[C@]3(C)C(CCC4[C@@]5(C)CC[C@H](O)C(C)C5CC[C@]43C)C12. The maximum absolute atomic E-state index is 12.5. The Hall–Kier alpha value is -0.630. The fourth-order valence-corrected chi connectivity index (χ4v) is 11.0. The summed E-state index contributed by atoms with van der Waals surface area (Å²) in [6.07, 6.45) is 13.2. The van der Waals surface area contributed by atoms with Crippen LogP contribution in [0.1, 0.15) is 98.8 Å². The van der Waals surface area contributed by atoms with E-state index < -0.39 is 0 Å². The monoisotopic (exact) mass is 426 g/mol. The van der Waals surface area contributed by atoms with Crippen LogP contribution in [0.2, 0.25) is 0 Å². The minimum Gasteiger partial charge on any atom is -0.393 e. The van der Waals surface area contributed by atoms with Gasteiger partial charge in [0.15, 0.2) is 0 Å². The topological polar surface area (TPSA) is 37.3 Å². The number of carbonyl (C=O) groups excluding carboxylic acids is 1. The number of aliphatic hydroxyl groups excluding tert-OH is 1. The lowest BCUT2D eigenvalue weighted by atomic mass is 9.33. The predicted octanol–water partition coefficient (Wildman–Crippen LogP) is 6.81. The summed E-state index contributed by atoms with van der Waals surface area (Å²) in [5.74, 6) is 3.56. The highest BCUT2D eigenvalue weighted by Gasteiger charge is 2.69. The molecule has 0 saturated heterocycles. The Morgan fingerprint density at radius 2 is 1.65 bits per heavy atom. The lowest BCUT2D eigenvalue weighted by Gasteiger charge is -2.71. The lowest BCUT2D eigenvalue weighted by Crippen LogP contribution is -2.65. The van der Waals surface area contributed by atoms with Gasteiger partial charge in [-0.2, -0.15) is 0 Å². The van der Waals surface area contributed by atoms with Crippen molar-refractivity contribution in [2.45, 2.75) is 105 Å². The van der Waals surface area contributed by atoms with Crippen molar-refractivity contribution in [3.8, 4) is 0 Å². The summed E-state index contributed by atoms with van der Waals surface area (Å²) in [4.78, 5) is 12.5. The van der Waals surface area contributed by atoms with Crippen molar-refractivity contribution in [3.63, 3.8) is 0 Å². The van der Waals surface area contributed by atoms with Crippen LogP contribution in [0.15, 0.2) is 12.2 Å². The first kappa shape index (κ1) is 22.2. The van der Waals surface area contributed by atoms with E-state index in [0.717, 1.165) is 25.2 Å². The summed E-state index contributed by atoms with van der Waals surface area (Å²) in [6, 6.07) is 0. The molecule has 31 heavy (non-hydrogen) atoms. The molecular weight excluding hydrogens is 380 g/mol. The minimum atomic E-state index is -0.105. The zero-order valence-corrected chi connectivity index (χ0v) is 20.8. The Labute approximate surface area is 190 Å². The average molecular weight is 427 g/mol. The van der Waals surface area contributed by atoms with Crippen molar-refractivity contribution in [2.75, 3.05) is 0 Å². The first-order chi connectivity index (χ1) is 14.5. The van der Waals surface area contributed by atoms with E-state index in [4.69, 9.17) is 0 Å². The maximum atomic E-state index is 12.5. The third-order valence-electron chi connectivity index (χ3n) is 12.9. The zero-order chi connectivity index (χ0) is 22.4. The molecule has 5 aliphatic carbocycles. The number of aliphatic hydroxyl groups is 1. The van der Waals surface area contributed by atoms with Gasteiger partial charge in [0.2, 0.25) is 0 Å². The van der Waals surface area contributed by atoms with E-state index in [0.29, 0.717) is 45.8 Å². The molecule has 0 aromatic rings. The van der Waals surface area contributed by atoms with Gasteiger partial charge in [-0.05, 0) is 123 Å². The molecule has 2 heteroatoms. The normalized spacial score (nSPS) is 58.5. The van der Waals surface area contributed by atoms with E-state index in [1.54, 1.807) is 0 Å². The molecule has 0 radical (unpaired) electrons. The Kier molecular flexibility index (Phi) is 4.96. The molecule has 1 N–H and O–H groups in total. The van der Waals surface area contributed by atoms with Gasteiger partial charge in [-0.25, -0.2) is 0 Å². The first-order valence-corrected chi connectivity index (χ1v) is 13.3. The summed E-state index contributed by atoms with van der Waals surface area (Å²) in [5, 5.41) is 10.6. The van der Waals surface area contributed by atoms with Crippen LogP contribution < -0.4 is 0 Å². The fourth-order valence-electron chi connectivity index (χ4n) is 11.0. The number of aldehydes is 1. The van der Waals surface area contributed by atoms with E-state index in [1.807, 2.05) is 0 Å². The third-order valence-corrected chi connectivity index (χ3v) is 12.9. The molecule has 5 fully saturated rings. The van der Waals surface area contributed by atoms with Crippen LogP contribution in [-0.2, 0) is 4.79 Å². The van der Waals surface area contributed by atoms with E-state index >= 15 is 0 Å². The number of carbonyl (C=O) groups is 1. The van der Waals surface area contributed by atoms with Crippen LogP contribution in [-0.4, -0.2) is 17.5 Å². The number of fused-ring (bicyclic) bond motifs is 7. The zero-order valence-electron chi connectivity index (χ0n) is 20.8. The molecule has 5 saturated carbocycles. The lowest BCUT2D eigenvalue weighted by molar-refractivity contribution is -0.232. The molecule has 11 atom stereocenters. The molecular formula is C29H46O2. The second-order valence-corrected chi connectivity index (χ2v) is 13.6. The van der Waals surface area contributed by atoms with Crippen LogP contribution in [0.5, 0.6) is 0 Å². The van der Waals surface area contributed by atoms with Crippen molar-refractivity contribution in [3.05, 3.63) is 12.2 Å². The summed E-state index contributed by atoms with van der Waals surface area (Å²) >= 11 is 0. The molecule has 2 nitrogen and oxygen atoms in total. The molecule has 0 bridgehead atoms. The number of hydrogen-bond donors (Lipinski definition) is 1. The van der Waals surface area contributed by atoms with Crippen molar-refractivity contribution in [1.29, 1.82) is 0 Å². The quantitative estimate of drug-likeness (QED) is 0.389. The van der Waals surface area contributed by atoms with Gasteiger partial charge in [-0.3, -0.25) is 0 Å². The highest BCUT2D eigenvalue weighted by Crippen LogP contribution is 2.76. The average Bonchev–Trinajstić information content (AvgIpc) is 3.12. The van der Waals surface area contributed by atoms with Crippen LogP contribution in [0.4, 0.5) is 0 Å². The Bertz CT molecular complexity index is 773. The van der Waals surface area contributed by atoms with Gasteiger partial charge in [0.1, 0.15) is 6.29 Å². The molecule has 5 rings (SSSR count). The molecule has 0 aromatic carbocycles. The highest BCUT2D eigenvalue weighted by molar-refractivity contribution is 5.62. The highest BCUT2D eigenvalue weighted by atomic mass is 16.3. The number of rotatable bonds is 2. The summed E-state index contributed by atoms with van der Waals surface area (Å²) < 4.78 is 0. The minimum absolute atomic E-state index is 0.0818. The van der Waals surface area contributed by atoms with Gasteiger partial charge in [-0.1, -0.05) is 39.8 Å². The van der Waals surface area contributed by atoms with Crippen molar-refractivity contribution in [2.24, 2.45) is 57.2 Å². The Balaban J connectivity index is 1.55. The third kappa shape index (κ3) is 2.64. The van der Waals surface area contributed by atoms with Crippen LogP contribution in [0.25, 0.3) is 0 Å². The largest absolute Gasteiger partial charge is 0.393 e. The number of hydrogen-bond acceptors (Lipinski definition) is 2. The van der Waals surface area contributed by atoms with Gasteiger partial charge >= 0.3 is 0 Å². The summed E-state index contributed by atoms with van der Waals surface area (Å²) in [5.41, 5.74) is 2.26. The Morgan fingerprint density at radius 3 is 2.32 bits per heavy atom. The molecule has 0 spiro atoms. The van der Waals surface area contributed by atoms with E-state index in [2.05, 4.69) is 41.2 Å². The number of allylic oxidation sites excluding steroid dienone is 1. The molecule has 0 aliphatic heterocycles. The van der Waals surface area contributed by atoms with Crippen molar-refractivity contribution in [1.82, 2.24) is 0 Å². The molecule has 0 heterocycles. The molecule has 0 amide bonds. The van der Waals surface area contributed by atoms with Crippen LogP contribution in [0.3, 0.4) is 0 Å². The van der Waals surface area contributed by atoms with Gasteiger partial charge in [0.05, 0.1) is 6.10 Å². The van der Waals surface area contributed by atoms with Crippen molar-refractivity contribution < 1.29 is 9.90 Å². The van der Waals surface area contributed by atoms with E-state index in [1.165, 1.54) is 56.8 Å². The molecule has 0 aromatic heterocycles. The molecule has 174 valence electrons. The van der Waals surface area contributed by atoms with Gasteiger partial charge in [0, 0.05) is 5.41 Å². The van der Waals surface area contributed by atoms with Gasteiger partial charge in [-0.15, -0.1) is 0 Å². The van der Waals surface area contributed by atoms with Crippen LogP contribution in [0, 0.1) is 57.2 Å². The van der Waals surface area contributed by atoms with Gasteiger partial charge in [0.25, 0.3) is 0 Å². The van der Waals surface area contributed by atoms with Crippen molar-refractivity contribution >= 4 is 6.29 Å². The van der Waals surface area contributed by atoms with E-state index in [-0.39, 0.29) is 11.5 Å². The summed E-state index contributed by atoms with van der Waals surface area (Å²) in [6.45, 7) is 16.8. The predicted molar refractivity (Wildman–Crippen MR) is 126 cm³/mol. The molecule has 5 aliphatic rings. The van der Waals surface area contributed by atoms with Crippen LogP contribution >= 0.6 is 0 Å².